The van der Waals surface area contributed by atoms with Crippen LogP contribution in [0.5, 0.6) is 0 Å². The molecule has 1 heterocycles. The highest BCUT2D eigenvalue weighted by molar-refractivity contribution is 7.98. The van der Waals surface area contributed by atoms with Crippen molar-refractivity contribution in [1.29, 1.82) is 0 Å². The molecule has 4 nitrogen and oxygen atoms in total. The minimum Gasteiger partial charge on any atom is -0.349 e. The van der Waals surface area contributed by atoms with Crippen LogP contribution in [0.3, 0.4) is 0 Å². The zero-order valence-electron chi connectivity index (χ0n) is 13.4. The first kappa shape index (κ1) is 23.8. The van der Waals surface area contributed by atoms with E-state index in [1.54, 1.807) is 18.0 Å². The lowest BCUT2D eigenvalue weighted by Crippen LogP contribution is -2.55. The van der Waals surface area contributed by atoms with E-state index in [0.29, 0.717) is 18.9 Å². The summed E-state index contributed by atoms with van der Waals surface area (Å²) in [4.78, 5) is 16.2. The third kappa shape index (κ3) is 8.22. The van der Waals surface area contributed by atoms with Crippen LogP contribution < -0.4 is 11.1 Å². The Morgan fingerprint density at radius 3 is 2.59 bits per heavy atom. The second-order valence-electron chi connectivity index (χ2n) is 5.45. The molecule has 0 radical (unpaired) electrons. The lowest BCUT2D eigenvalue weighted by Gasteiger charge is -2.33. The van der Waals surface area contributed by atoms with Gasteiger partial charge in [0.15, 0.2) is 0 Å². The third-order valence-electron chi connectivity index (χ3n) is 3.57. The predicted molar refractivity (Wildman–Crippen MR) is 100.0 cm³/mol. The fourth-order valence-electron chi connectivity index (χ4n) is 1.64. The van der Waals surface area contributed by atoms with E-state index in [2.05, 4.69) is 24.1 Å². The van der Waals surface area contributed by atoms with Crippen molar-refractivity contribution in [1.82, 2.24) is 10.3 Å². The summed E-state index contributed by atoms with van der Waals surface area (Å²) in [6.07, 6.45) is 2.30. The maximum absolute atomic E-state index is 11.9. The van der Waals surface area contributed by atoms with Gasteiger partial charge in [-0.2, -0.15) is 11.8 Å². The molecule has 1 atom stereocenters. The Bertz CT molecular complexity index is 421. The molecule has 0 saturated heterocycles. The fourth-order valence-corrected chi connectivity index (χ4v) is 2.49. The Kier molecular flexibility index (Phi) is 13.0. The maximum atomic E-state index is 11.9. The highest BCUT2D eigenvalue weighted by Crippen LogP contribution is 2.16. The molecule has 0 aliphatic carbocycles. The summed E-state index contributed by atoms with van der Waals surface area (Å²) < 4.78 is 0. The molecule has 3 N–H and O–H groups in total. The van der Waals surface area contributed by atoms with Crippen LogP contribution in [0.25, 0.3) is 0 Å². The largest absolute Gasteiger partial charge is 0.349 e. The van der Waals surface area contributed by atoms with Crippen molar-refractivity contribution in [2.45, 2.75) is 38.5 Å². The smallest absolute Gasteiger partial charge is 0.221 e. The number of nitrogens with zero attached hydrogens (tertiary/aromatic N) is 1. The van der Waals surface area contributed by atoms with Gasteiger partial charge in [0.1, 0.15) is 0 Å². The lowest BCUT2D eigenvalue weighted by molar-refractivity contribution is -0.122. The van der Waals surface area contributed by atoms with Crippen molar-refractivity contribution >= 4 is 42.5 Å². The summed E-state index contributed by atoms with van der Waals surface area (Å²) in [6, 6.07) is 5.88. The number of halogens is 2. The van der Waals surface area contributed by atoms with Crippen LogP contribution in [0.15, 0.2) is 24.4 Å². The molecule has 0 saturated carbocycles. The van der Waals surface area contributed by atoms with Crippen LogP contribution in [-0.4, -0.2) is 28.7 Å². The maximum Gasteiger partial charge on any atom is 0.221 e. The molecule has 22 heavy (non-hydrogen) atoms. The minimum atomic E-state index is -0.317. The van der Waals surface area contributed by atoms with Crippen molar-refractivity contribution in [3.63, 3.8) is 0 Å². The van der Waals surface area contributed by atoms with Gasteiger partial charge in [-0.05, 0) is 25.0 Å². The van der Waals surface area contributed by atoms with E-state index < -0.39 is 0 Å². The topological polar surface area (TPSA) is 68.0 Å². The number of rotatable bonds is 8. The summed E-state index contributed by atoms with van der Waals surface area (Å²) in [5.41, 5.74) is 6.49. The number of amides is 1. The van der Waals surface area contributed by atoms with E-state index in [0.717, 1.165) is 17.2 Å². The molecule has 7 heteroatoms. The molecule has 0 spiro atoms. The van der Waals surface area contributed by atoms with Gasteiger partial charge in [0.05, 0.1) is 11.2 Å². The predicted octanol–water partition coefficient (Wildman–Crippen LogP) is 3.04. The average Bonchev–Trinajstić information content (AvgIpc) is 2.44. The Morgan fingerprint density at radius 1 is 1.41 bits per heavy atom. The van der Waals surface area contributed by atoms with Gasteiger partial charge in [-0.1, -0.05) is 19.9 Å². The number of carbonyl (C=O) groups excluding carboxylic acids is 1. The van der Waals surface area contributed by atoms with Crippen LogP contribution in [0.2, 0.25) is 0 Å². The molecule has 0 aromatic carbocycles. The monoisotopic (exact) mass is 367 g/mol. The molecule has 0 aliphatic heterocycles. The summed E-state index contributed by atoms with van der Waals surface area (Å²) in [5.74, 6) is 2.02. The Morgan fingerprint density at radius 2 is 2.09 bits per heavy atom. The molecule has 1 rings (SSSR count). The normalized spacial score (nSPS) is 12.8. The number of thioether (sulfide) groups is 1. The van der Waals surface area contributed by atoms with Crippen LogP contribution >= 0.6 is 36.6 Å². The third-order valence-corrected chi connectivity index (χ3v) is 4.57. The molecule has 0 fully saturated rings. The van der Waals surface area contributed by atoms with Gasteiger partial charge in [-0.25, -0.2) is 0 Å². The van der Waals surface area contributed by atoms with Crippen molar-refractivity contribution in [3.05, 3.63) is 30.1 Å². The minimum absolute atomic E-state index is 0. The van der Waals surface area contributed by atoms with E-state index in [9.17, 15) is 4.79 Å². The van der Waals surface area contributed by atoms with Gasteiger partial charge in [-0.15, -0.1) is 24.8 Å². The van der Waals surface area contributed by atoms with E-state index in [1.807, 2.05) is 25.1 Å². The number of hydrogen-bond acceptors (Lipinski definition) is 4. The highest BCUT2D eigenvalue weighted by Gasteiger charge is 2.28. The van der Waals surface area contributed by atoms with Crippen LogP contribution in [0.4, 0.5) is 0 Å². The molecule has 1 unspecified atom stereocenters. The van der Waals surface area contributed by atoms with E-state index in [4.69, 9.17) is 5.73 Å². The van der Waals surface area contributed by atoms with Crippen molar-refractivity contribution in [2.24, 2.45) is 11.7 Å². The highest BCUT2D eigenvalue weighted by atomic mass is 35.5. The zero-order valence-corrected chi connectivity index (χ0v) is 15.8. The van der Waals surface area contributed by atoms with Gasteiger partial charge in [0.25, 0.3) is 0 Å². The second kappa shape index (κ2) is 12.0. The van der Waals surface area contributed by atoms with Crippen molar-refractivity contribution in [3.8, 4) is 0 Å². The van der Waals surface area contributed by atoms with Crippen molar-refractivity contribution in [2.75, 3.05) is 12.3 Å². The van der Waals surface area contributed by atoms with Gasteiger partial charge < -0.3 is 11.1 Å². The molecular formula is C15H27Cl2N3OS. The first-order chi connectivity index (χ1) is 9.48. The number of carbonyl (C=O) groups is 1. The van der Waals surface area contributed by atoms with E-state index in [-0.39, 0.29) is 36.3 Å². The van der Waals surface area contributed by atoms with E-state index in [1.165, 1.54) is 0 Å². The Labute approximate surface area is 150 Å². The Balaban J connectivity index is 0. The summed E-state index contributed by atoms with van der Waals surface area (Å²) in [7, 11) is 0. The molecule has 1 amide bonds. The molecule has 1 aromatic rings. The summed E-state index contributed by atoms with van der Waals surface area (Å²) in [6.45, 7) is 6.60. The first-order valence-corrected chi connectivity index (χ1v) is 8.12. The molecule has 1 aromatic heterocycles. The number of nitrogens with two attached hydrogens (primary N) is 1. The molecular weight excluding hydrogens is 341 g/mol. The number of aromatic nitrogens is 1. The first-order valence-electron chi connectivity index (χ1n) is 6.96. The SMILES string of the molecule is CC(C)C(C)(CN)NC(=O)CCSCc1ccccn1.Cl.Cl. The van der Waals surface area contributed by atoms with Crippen molar-refractivity contribution < 1.29 is 4.79 Å². The summed E-state index contributed by atoms with van der Waals surface area (Å²) >= 11 is 1.72. The lowest BCUT2D eigenvalue weighted by atomic mass is 9.88. The zero-order chi connectivity index (χ0) is 15.0. The molecule has 0 aliphatic rings. The van der Waals surface area contributed by atoms with E-state index >= 15 is 0 Å². The summed E-state index contributed by atoms with van der Waals surface area (Å²) in [5, 5.41) is 3.05. The quantitative estimate of drug-likeness (QED) is 0.692. The second-order valence-corrected chi connectivity index (χ2v) is 6.55. The van der Waals surface area contributed by atoms with Gasteiger partial charge in [0.2, 0.25) is 5.91 Å². The van der Waals surface area contributed by atoms with Crippen LogP contribution in [0.1, 0.15) is 32.9 Å². The Hall–Kier alpha value is -0.490. The molecule has 0 bridgehead atoms. The van der Waals surface area contributed by atoms with Crippen LogP contribution in [-0.2, 0) is 10.5 Å². The standard InChI is InChI=1S/C15H25N3OS.2ClH/c1-12(2)15(3,11-16)18-14(19)7-9-20-10-13-6-4-5-8-17-13;;/h4-6,8,12H,7,9-11,16H2,1-3H3,(H,18,19);2*1H. The van der Waals surface area contributed by atoms with Gasteiger partial charge in [-0.3, -0.25) is 9.78 Å². The number of nitrogens with one attached hydrogen (secondary N) is 1. The molecule has 128 valence electrons. The number of pyridine rings is 1. The average molecular weight is 368 g/mol. The van der Waals surface area contributed by atoms with Crippen LogP contribution in [0, 0.1) is 5.92 Å². The number of hydrogen-bond donors (Lipinski definition) is 2. The van der Waals surface area contributed by atoms with Gasteiger partial charge >= 0.3 is 0 Å². The fraction of sp³-hybridized carbons (Fsp3) is 0.600. The van der Waals surface area contributed by atoms with Gasteiger partial charge in [0, 0.05) is 30.7 Å².